The van der Waals surface area contributed by atoms with Crippen LogP contribution in [0.2, 0.25) is 0 Å². The molecular weight excluding hydrogens is 435 g/mol. The van der Waals surface area contributed by atoms with E-state index >= 15 is 0 Å². The van der Waals surface area contributed by atoms with Gasteiger partial charge in [0.05, 0.1) is 10.5 Å². The molecule has 0 radical (unpaired) electrons. The Labute approximate surface area is 177 Å². The highest BCUT2D eigenvalue weighted by molar-refractivity contribution is 7.92. The van der Waals surface area contributed by atoms with E-state index < -0.39 is 26.5 Å². The first kappa shape index (κ1) is 21.6. The van der Waals surface area contributed by atoms with Crippen molar-refractivity contribution in [2.24, 2.45) is 4.99 Å². The number of hydrogen-bond donors (Lipinski definition) is 1. The Morgan fingerprint density at radius 2 is 1.74 bits per heavy atom. The van der Waals surface area contributed by atoms with Crippen molar-refractivity contribution >= 4 is 21.4 Å². The topological polar surface area (TPSA) is 82.4 Å². The molecule has 2 aliphatic heterocycles. The summed E-state index contributed by atoms with van der Waals surface area (Å²) in [6.07, 6.45) is -0.627. The summed E-state index contributed by atoms with van der Waals surface area (Å²) < 4.78 is 69.2. The summed E-state index contributed by atoms with van der Waals surface area (Å²) in [4.78, 5) is 7.45. The van der Waals surface area contributed by atoms with Gasteiger partial charge in [-0.1, -0.05) is 12.1 Å². The summed E-state index contributed by atoms with van der Waals surface area (Å²) in [7, 11) is -5.53. The molecule has 1 atom stereocenters. The van der Waals surface area contributed by atoms with Crippen LogP contribution in [0.5, 0.6) is 11.5 Å². The normalized spacial score (nSPS) is 18.4. The number of aliphatic hydroxyl groups excluding tert-OH is 1. The van der Waals surface area contributed by atoms with Crippen LogP contribution in [0.1, 0.15) is 12.5 Å². The Morgan fingerprint density at radius 3 is 2.39 bits per heavy atom. The average Bonchev–Trinajstić information content (AvgIpc) is 2.89. The van der Waals surface area contributed by atoms with Gasteiger partial charge in [0.2, 0.25) is 0 Å². The molecule has 0 saturated carbocycles. The number of sulfone groups is 1. The minimum atomic E-state index is -5.53. The number of amidine groups is 1. The van der Waals surface area contributed by atoms with Crippen molar-refractivity contribution in [3.05, 3.63) is 48.0 Å². The van der Waals surface area contributed by atoms with Gasteiger partial charge in [-0.05, 0) is 37.3 Å². The van der Waals surface area contributed by atoms with Crippen LogP contribution >= 0.6 is 0 Å². The number of aliphatic imine (C=N–C) groups is 1. The maximum absolute atomic E-state index is 13.1. The highest BCUT2D eigenvalue weighted by atomic mass is 32.2. The van der Waals surface area contributed by atoms with E-state index in [0.29, 0.717) is 43.5 Å². The molecule has 11 heteroatoms. The van der Waals surface area contributed by atoms with Gasteiger partial charge >= 0.3 is 5.51 Å². The van der Waals surface area contributed by atoms with Crippen LogP contribution in [-0.2, 0) is 9.84 Å². The summed E-state index contributed by atoms with van der Waals surface area (Å²) in [5.74, 6) is 0.944. The van der Waals surface area contributed by atoms with Crippen LogP contribution in [0.25, 0.3) is 0 Å². The predicted molar refractivity (Wildman–Crippen MR) is 107 cm³/mol. The third-order valence-electron chi connectivity index (χ3n) is 5.26. The van der Waals surface area contributed by atoms with Crippen molar-refractivity contribution in [3.8, 4) is 11.5 Å². The monoisotopic (exact) mass is 455 g/mol. The summed E-state index contributed by atoms with van der Waals surface area (Å²) >= 11 is 0. The first-order valence-corrected chi connectivity index (χ1v) is 11.0. The molecule has 2 heterocycles. The molecule has 4 rings (SSSR count). The SMILES string of the molecule is CC(O)N1CCN(C2=Nc3ccccc3Oc3ccc(S(=O)(=O)C(F)(F)F)cc32)CC1. The zero-order valence-electron chi connectivity index (χ0n) is 16.5. The molecule has 0 aliphatic carbocycles. The summed E-state index contributed by atoms with van der Waals surface area (Å²) in [6.45, 7) is 3.57. The second-order valence-corrected chi connectivity index (χ2v) is 9.21. The second-order valence-electron chi connectivity index (χ2n) is 7.27. The number of nitrogens with zero attached hydrogens (tertiary/aromatic N) is 3. The fourth-order valence-electron chi connectivity index (χ4n) is 3.55. The minimum Gasteiger partial charge on any atom is -0.454 e. The van der Waals surface area contributed by atoms with E-state index in [1.807, 2.05) is 9.80 Å². The Kier molecular flexibility index (Phi) is 5.44. The molecule has 1 N–H and O–H groups in total. The van der Waals surface area contributed by atoms with E-state index in [1.54, 1.807) is 31.2 Å². The predicted octanol–water partition coefficient (Wildman–Crippen LogP) is 3.12. The quantitative estimate of drug-likeness (QED) is 0.750. The van der Waals surface area contributed by atoms with Gasteiger partial charge in [-0.25, -0.2) is 13.4 Å². The second kappa shape index (κ2) is 7.81. The number of alkyl halides is 3. The van der Waals surface area contributed by atoms with Crippen LogP contribution in [0.15, 0.2) is 52.4 Å². The van der Waals surface area contributed by atoms with Crippen molar-refractivity contribution in [1.29, 1.82) is 0 Å². The Morgan fingerprint density at radius 1 is 1.06 bits per heavy atom. The molecule has 31 heavy (non-hydrogen) atoms. The van der Waals surface area contributed by atoms with Crippen LogP contribution < -0.4 is 4.74 Å². The zero-order valence-corrected chi connectivity index (χ0v) is 17.3. The lowest BCUT2D eigenvalue weighted by molar-refractivity contribution is -0.0436. The number of hydrogen-bond acceptors (Lipinski definition) is 7. The third kappa shape index (κ3) is 4.00. The van der Waals surface area contributed by atoms with Crippen LogP contribution in [0.3, 0.4) is 0 Å². The van der Waals surface area contributed by atoms with Gasteiger partial charge in [0.15, 0.2) is 5.75 Å². The van der Waals surface area contributed by atoms with Gasteiger partial charge in [-0.15, -0.1) is 0 Å². The summed E-state index contributed by atoms with van der Waals surface area (Å²) in [5, 5.41) is 9.79. The largest absolute Gasteiger partial charge is 0.501 e. The van der Waals surface area contributed by atoms with E-state index in [4.69, 9.17) is 4.74 Å². The Balaban J connectivity index is 1.82. The molecular formula is C20H20F3N3O4S. The molecule has 166 valence electrons. The van der Waals surface area contributed by atoms with Gasteiger partial charge in [-0.3, -0.25) is 4.90 Å². The number of rotatable bonds is 2. The Hall–Kier alpha value is -2.63. The number of piperazine rings is 1. The zero-order chi connectivity index (χ0) is 22.4. The van der Waals surface area contributed by atoms with Gasteiger partial charge in [0.1, 0.15) is 23.5 Å². The fraction of sp³-hybridized carbons (Fsp3) is 0.350. The summed E-state index contributed by atoms with van der Waals surface area (Å²) in [6, 6.07) is 9.95. The number of aliphatic hydroxyl groups is 1. The Bertz CT molecular complexity index is 1120. The average molecular weight is 455 g/mol. The van der Waals surface area contributed by atoms with Gasteiger partial charge in [-0.2, -0.15) is 13.2 Å². The van der Waals surface area contributed by atoms with Crippen molar-refractivity contribution in [2.75, 3.05) is 26.2 Å². The number of halogens is 3. The first-order chi connectivity index (χ1) is 14.6. The molecule has 0 aromatic heterocycles. The molecule has 2 aromatic carbocycles. The van der Waals surface area contributed by atoms with E-state index in [-0.39, 0.29) is 11.3 Å². The smallest absolute Gasteiger partial charge is 0.454 e. The van der Waals surface area contributed by atoms with Crippen LogP contribution in [-0.4, -0.2) is 67.1 Å². The maximum Gasteiger partial charge on any atom is 0.501 e. The van der Waals surface area contributed by atoms with Gasteiger partial charge in [0, 0.05) is 26.2 Å². The van der Waals surface area contributed by atoms with E-state index in [1.165, 1.54) is 6.07 Å². The highest BCUT2D eigenvalue weighted by Gasteiger charge is 2.47. The molecule has 1 fully saturated rings. The first-order valence-electron chi connectivity index (χ1n) is 9.56. The van der Waals surface area contributed by atoms with Crippen LogP contribution in [0, 0.1) is 0 Å². The van der Waals surface area contributed by atoms with Gasteiger partial charge < -0.3 is 14.7 Å². The minimum absolute atomic E-state index is 0.159. The lowest BCUT2D eigenvalue weighted by atomic mass is 10.1. The van der Waals surface area contributed by atoms with Gasteiger partial charge in [0.25, 0.3) is 9.84 Å². The summed E-state index contributed by atoms with van der Waals surface area (Å²) in [5.41, 5.74) is -4.78. The van der Waals surface area contributed by atoms with Crippen LogP contribution in [0.4, 0.5) is 18.9 Å². The molecule has 2 aliphatic rings. The van der Waals surface area contributed by atoms with E-state index in [0.717, 1.165) is 12.1 Å². The molecule has 1 unspecified atom stereocenters. The maximum atomic E-state index is 13.1. The molecule has 7 nitrogen and oxygen atoms in total. The molecule has 1 saturated heterocycles. The third-order valence-corrected chi connectivity index (χ3v) is 6.74. The van der Waals surface area contributed by atoms with E-state index in [9.17, 15) is 26.7 Å². The molecule has 2 aromatic rings. The number of para-hydroxylation sites is 2. The van der Waals surface area contributed by atoms with Crippen molar-refractivity contribution in [3.63, 3.8) is 0 Å². The highest BCUT2D eigenvalue weighted by Crippen LogP contribution is 2.40. The van der Waals surface area contributed by atoms with Crippen molar-refractivity contribution in [1.82, 2.24) is 9.80 Å². The number of fused-ring (bicyclic) bond motifs is 2. The van der Waals surface area contributed by atoms with Crippen molar-refractivity contribution < 1.29 is 31.4 Å². The fourth-order valence-corrected chi connectivity index (χ4v) is 4.34. The van der Waals surface area contributed by atoms with Crippen molar-refractivity contribution in [2.45, 2.75) is 23.6 Å². The van der Waals surface area contributed by atoms with E-state index in [2.05, 4.69) is 4.99 Å². The number of ether oxygens (including phenoxy) is 1. The molecule has 0 bridgehead atoms. The standard InChI is InChI=1S/C20H20F3N3O4S/c1-13(27)25-8-10-26(11-9-25)19-15-12-14(31(28,29)20(21,22)23)6-7-17(15)30-18-5-3-2-4-16(18)24-19/h2-7,12-13,27H,8-11H2,1H3. The lowest BCUT2D eigenvalue weighted by Crippen LogP contribution is -2.51. The number of benzene rings is 2. The molecule has 0 spiro atoms. The lowest BCUT2D eigenvalue weighted by Gasteiger charge is -2.37. The molecule has 0 amide bonds.